The number of carbonyl (C=O) groups excluding carboxylic acids is 2. The summed E-state index contributed by atoms with van der Waals surface area (Å²) >= 11 is 0. The van der Waals surface area contributed by atoms with Crippen LogP contribution in [0.25, 0.3) is 10.8 Å². The normalized spacial score (nSPS) is 13.8. The molecule has 9 heteroatoms. The van der Waals surface area contributed by atoms with Crippen molar-refractivity contribution in [1.29, 1.82) is 0 Å². The lowest BCUT2D eigenvalue weighted by Crippen LogP contribution is -2.53. The molecule has 0 saturated carbocycles. The van der Waals surface area contributed by atoms with E-state index >= 15 is 0 Å². The molecule has 8 nitrogen and oxygen atoms in total. The summed E-state index contributed by atoms with van der Waals surface area (Å²) in [5.74, 6) is -1.11. The maximum absolute atomic E-state index is 13.9. The second kappa shape index (κ2) is 11.6. The van der Waals surface area contributed by atoms with Crippen molar-refractivity contribution in [2.24, 2.45) is 11.8 Å². The van der Waals surface area contributed by atoms with Gasteiger partial charge in [0.05, 0.1) is 0 Å². The largest absolute Gasteiger partial charge is 0.326 e. The van der Waals surface area contributed by atoms with Crippen molar-refractivity contribution >= 4 is 38.3 Å². The summed E-state index contributed by atoms with van der Waals surface area (Å²) in [6, 6.07) is 9.57. The maximum Gasteiger partial charge on any atom is 0.262 e. The van der Waals surface area contributed by atoms with E-state index in [1.54, 1.807) is 43.6 Å². The Hall–Kier alpha value is -2.75. The molecule has 0 aliphatic rings. The van der Waals surface area contributed by atoms with Gasteiger partial charge in [0, 0.05) is 19.2 Å². The highest BCUT2D eigenvalue weighted by Gasteiger charge is 2.40. The molecule has 0 fully saturated rings. The molecule has 2 amide bonds. The predicted octanol–water partition coefficient (Wildman–Crippen LogP) is 4.23. The molecule has 0 aromatic heterocycles. The van der Waals surface area contributed by atoms with E-state index in [0.29, 0.717) is 17.7 Å². The monoisotopic (exact) mass is 489 g/mol. The molecule has 2 aromatic carbocycles. The van der Waals surface area contributed by atoms with Crippen molar-refractivity contribution in [3.05, 3.63) is 54.6 Å². The summed E-state index contributed by atoms with van der Waals surface area (Å²) in [7, 11) is -4.07. The molecule has 0 aliphatic carbocycles. The van der Waals surface area contributed by atoms with Crippen molar-refractivity contribution < 1.29 is 23.2 Å². The highest BCUT2D eigenvalue weighted by Crippen LogP contribution is 2.33. The van der Waals surface area contributed by atoms with E-state index in [1.807, 2.05) is 26.0 Å². The van der Waals surface area contributed by atoms with Gasteiger partial charge < -0.3 is 5.32 Å². The van der Waals surface area contributed by atoms with Gasteiger partial charge in [-0.15, -0.1) is 6.58 Å². The lowest BCUT2D eigenvalue weighted by molar-refractivity contribution is -0.134. The van der Waals surface area contributed by atoms with E-state index in [-0.39, 0.29) is 24.3 Å². The molecule has 0 saturated heterocycles. The third kappa shape index (κ3) is 6.43. The molecule has 2 rings (SSSR count). The Kier molecular flexibility index (Phi) is 9.37. The maximum atomic E-state index is 13.9. The van der Waals surface area contributed by atoms with Crippen LogP contribution in [0.15, 0.2) is 49.1 Å². The molecule has 0 bridgehead atoms. The molecule has 0 spiro atoms. The summed E-state index contributed by atoms with van der Waals surface area (Å²) in [5.41, 5.74) is 2.78. The first-order valence-electron chi connectivity index (χ1n) is 11.3. The van der Waals surface area contributed by atoms with Gasteiger partial charge in [0.1, 0.15) is 11.3 Å². The molecule has 2 atom stereocenters. The number of hydrogen-bond donors (Lipinski definition) is 3. The van der Waals surface area contributed by atoms with Gasteiger partial charge in [-0.2, -0.15) is 4.31 Å². The van der Waals surface area contributed by atoms with E-state index in [4.69, 9.17) is 0 Å². The standard InChI is InChI=1S/C25H35N3O5S/c1-7-23(21-9-8-20-15-22(26-18(6)29)11-10-19(20)14-21)34(32,33)28(13-12-16(2)3)24(17(4)5)25(30)27-31/h7-11,14-17,23-24,31H,1,12-13H2,2-6H3,(H,26,29)(H,27,30). The predicted molar refractivity (Wildman–Crippen MR) is 135 cm³/mol. The Balaban J connectivity index is 2.55. The Morgan fingerprint density at radius 1 is 1.09 bits per heavy atom. The molecule has 0 heterocycles. The number of anilines is 1. The number of amides is 2. The number of nitrogens with one attached hydrogen (secondary N) is 2. The van der Waals surface area contributed by atoms with Crippen molar-refractivity contribution in [3.63, 3.8) is 0 Å². The second-order valence-corrected chi connectivity index (χ2v) is 11.2. The molecule has 2 unspecified atom stereocenters. The SMILES string of the molecule is C=CC(c1ccc2cc(NC(C)=O)ccc2c1)S(=O)(=O)N(CCC(C)C)C(C(=O)NO)C(C)C. The van der Waals surface area contributed by atoms with Crippen molar-refractivity contribution in [3.8, 4) is 0 Å². The van der Waals surface area contributed by atoms with Gasteiger partial charge in [0.25, 0.3) is 5.91 Å². The van der Waals surface area contributed by atoms with Crippen LogP contribution in [0.4, 0.5) is 5.69 Å². The highest BCUT2D eigenvalue weighted by molar-refractivity contribution is 7.89. The van der Waals surface area contributed by atoms with Crippen LogP contribution in [-0.4, -0.2) is 42.3 Å². The van der Waals surface area contributed by atoms with Crippen LogP contribution in [0.5, 0.6) is 0 Å². The molecule has 2 aromatic rings. The Labute approximate surface area is 202 Å². The van der Waals surface area contributed by atoms with E-state index < -0.39 is 27.2 Å². The first-order valence-corrected chi connectivity index (χ1v) is 12.8. The van der Waals surface area contributed by atoms with E-state index in [9.17, 15) is 23.2 Å². The number of fused-ring (bicyclic) bond motifs is 1. The lowest BCUT2D eigenvalue weighted by Gasteiger charge is -2.34. The third-order valence-electron chi connectivity index (χ3n) is 5.62. The fraction of sp³-hybridized carbons (Fsp3) is 0.440. The summed E-state index contributed by atoms with van der Waals surface area (Å²) in [6.07, 6.45) is 1.91. The Morgan fingerprint density at radius 3 is 2.24 bits per heavy atom. The number of rotatable bonds is 11. The van der Waals surface area contributed by atoms with Crippen LogP contribution in [0, 0.1) is 11.8 Å². The van der Waals surface area contributed by atoms with Crippen molar-refractivity contribution in [2.75, 3.05) is 11.9 Å². The van der Waals surface area contributed by atoms with Crippen LogP contribution >= 0.6 is 0 Å². The van der Waals surface area contributed by atoms with Gasteiger partial charge in [-0.25, -0.2) is 13.9 Å². The fourth-order valence-electron chi connectivity index (χ4n) is 3.94. The minimum Gasteiger partial charge on any atom is -0.326 e. The second-order valence-electron chi connectivity index (χ2n) is 9.16. The topological polar surface area (TPSA) is 116 Å². The zero-order chi connectivity index (χ0) is 25.6. The number of carbonyl (C=O) groups is 2. The number of hydroxylamine groups is 1. The zero-order valence-corrected chi connectivity index (χ0v) is 21.2. The van der Waals surface area contributed by atoms with Crippen LogP contribution in [-0.2, 0) is 19.6 Å². The van der Waals surface area contributed by atoms with Crippen LogP contribution in [0.1, 0.15) is 51.9 Å². The van der Waals surface area contributed by atoms with Crippen molar-refractivity contribution in [1.82, 2.24) is 9.79 Å². The fourth-order valence-corrected chi connectivity index (χ4v) is 5.98. The van der Waals surface area contributed by atoms with Gasteiger partial charge in [0.15, 0.2) is 0 Å². The van der Waals surface area contributed by atoms with Gasteiger partial charge in [0.2, 0.25) is 15.9 Å². The molecular weight excluding hydrogens is 454 g/mol. The smallest absolute Gasteiger partial charge is 0.262 e. The van der Waals surface area contributed by atoms with E-state index in [1.165, 1.54) is 17.3 Å². The number of hydrogen-bond acceptors (Lipinski definition) is 5. The summed E-state index contributed by atoms with van der Waals surface area (Å²) in [5, 5.41) is 12.6. The van der Waals surface area contributed by atoms with Gasteiger partial charge in [-0.3, -0.25) is 14.8 Å². The Morgan fingerprint density at radius 2 is 1.71 bits per heavy atom. The van der Waals surface area contributed by atoms with Crippen LogP contribution < -0.4 is 10.8 Å². The summed E-state index contributed by atoms with van der Waals surface area (Å²) in [4.78, 5) is 23.8. The quantitative estimate of drug-likeness (QED) is 0.248. The number of nitrogens with zero attached hydrogens (tertiary/aromatic N) is 1. The van der Waals surface area contributed by atoms with Gasteiger partial charge >= 0.3 is 0 Å². The van der Waals surface area contributed by atoms with Crippen LogP contribution in [0.2, 0.25) is 0 Å². The molecule has 0 radical (unpaired) electrons. The minimum atomic E-state index is -4.07. The summed E-state index contributed by atoms with van der Waals surface area (Å²) in [6.45, 7) is 12.8. The first-order chi connectivity index (χ1) is 15.9. The van der Waals surface area contributed by atoms with Gasteiger partial charge in [-0.05, 0) is 52.8 Å². The number of sulfonamides is 1. The molecule has 186 valence electrons. The molecule has 34 heavy (non-hydrogen) atoms. The third-order valence-corrected chi connectivity index (χ3v) is 7.79. The zero-order valence-electron chi connectivity index (χ0n) is 20.4. The first kappa shape index (κ1) is 27.5. The molecular formula is C25H35N3O5S. The lowest BCUT2D eigenvalue weighted by atomic mass is 10.0. The van der Waals surface area contributed by atoms with E-state index in [2.05, 4.69) is 11.9 Å². The summed E-state index contributed by atoms with van der Waals surface area (Å²) < 4.78 is 29.0. The number of benzene rings is 2. The van der Waals surface area contributed by atoms with E-state index in [0.717, 1.165) is 10.8 Å². The molecule has 3 N–H and O–H groups in total. The average molecular weight is 490 g/mol. The highest BCUT2D eigenvalue weighted by atomic mass is 32.2. The minimum absolute atomic E-state index is 0.133. The van der Waals surface area contributed by atoms with Crippen molar-refractivity contribution in [2.45, 2.75) is 52.3 Å². The molecule has 0 aliphatic heterocycles. The van der Waals surface area contributed by atoms with Gasteiger partial charge in [-0.1, -0.05) is 52.0 Å². The Bertz CT molecular complexity index is 1140. The average Bonchev–Trinajstić information content (AvgIpc) is 2.75. The van der Waals surface area contributed by atoms with Crippen LogP contribution in [0.3, 0.4) is 0 Å².